The van der Waals surface area contributed by atoms with Gasteiger partial charge in [0.1, 0.15) is 4.90 Å². The van der Waals surface area contributed by atoms with Gasteiger partial charge in [0.2, 0.25) is 10.0 Å². The maximum absolute atomic E-state index is 12.9. The Bertz CT molecular complexity index is 599. The molecule has 2 rings (SSSR count). The molecule has 1 aromatic carbocycles. The zero-order chi connectivity index (χ0) is 14.9. The molecular weight excluding hydrogens is 276 g/mol. The van der Waals surface area contributed by atoms with Crippen LogP contribution in [0.5, 0.6) is 0 Å². The van der Waals surface area contributed by atoms with Crippen molar-refractivity contribution in [3.05, 3.63) is 23.3 Å². The van der Waals surface area contributed by atoms with E-state index in [0.717, 1.165) is 18.4 Å². The summed E-state index contributed by atoms with van der Waals surface area (Å²) in [4.78, 5) is 0.192. The van der Waals surface area contributed by atoms with Crippen molar-refractivity contribution < 1.29 is 13.5 Å². The van der Waals surface area contributed by atoms with Crippen molar-refractivity contribution in [1.82, 2.24) is 4.31 Å². The first-order chi connectivity index (χ1) is 9.39. The largest absolute Gasteiger partial charge is 0.397 e. The molecule has 1 fully saturated rings. The summed E-state index contributed by atoms with van der Waals surface area (Å²) >= 11 is 0. The molecule has 1 aromatic rings. The van der Waals surface area contributed by atoms with Crippen LogP contribution < -0.4 is 5.73 Å². The lowest BCUT2D eigenvalue weighted by Gasteiger charge is -2.34. The highest BCUT2D eigenvalue weighted by Gasteiger charge is 2.35. The van der Waals surface area contributed by atoms with Crippen LogP contribution in [-0.2, 0) is 10.0 Å². The second-order valence-electron chi connectivity index (χ2n) is 5.39. The topological polar surface area (TPSA) is 83.6 Å². The monoisotopic (exact) mass is 298 g/mol. The summed E-state index contributed by atoms with van der Waals surface area (Å²) in [6, 6.07) is 3.26. The van der Waals surface area contributed by atoms with Crippen molar-refractivity contribution in [1.29, 1.82) is 0 Å². The van der Waals surface area contributed by atoms with Crippen molar-refractivity contribution >= 4 is 15.7 Å². The van der Waals surface area contributed by atoms with Gasteiger partial charge in [-0.25, -0.2) is 8.42 Å². The van der Waals surface area contributed by atoms with E-state index in [1.807, 2.05) is 6.07 Å². The Morgan fingerprint density at radius 1 is 1.30 bits per heavy atom. The average Bonchev–Trinajstić information content (AvgIpc) is 2.43. The highest BCUT2D eigenvalue weighted by atomic mass is 32.2. The maximum atomic E-state index is 12.9. The molecule has 1 saturated heterocycles. The SMILES string of the molecule is Cc1ccc(C)c(S(=O)(=O)N2CCCCC2CO)c1N. The standard InChI is InChI=1S/C14H22N2O3S/c1-10-6-7-11(2)14(13(10)15)20(18,19)16-8-4-3-5-12(16)9-17/h6-7,12,17H,3-5,8-9,15H2,1-2H3. The third kappa shape index (κ3) is 2.55. The summed E-state index contributed by atoms with van der Waals surface area (Å²) in [5.74, 6) is 0. The van der Waals surface area contributed by atoms with Gasteiger partial charge in [0.25, 0.3) is 0 Å². The fraction of sp³-hybridized carbons (Fsp3) is 0.571. The molecule has 20 heavy (non-hydrogen) atoms. The van der Waals surface area contributed by atoms with Crippen LogP contribution in [-0.4, -0.2) is 37.0 Å². The fourth-order valence-corrected chi connectivity index (χ4v) is 4.82. The maximum Gasteiger partial charge on any atom is 0.245 e. The third-order valence-corrected chi connectivity index (χ3v) is 6.12. The van der Waals surface area contributed by atoms with E-state index >= 15 is 0 Å². The van der Waals surface area contributed by atoms with Crippen molar-refractivity contribution in [2.75, 3.05) is 18.9 Å². The smallest absolute Gasteiger partial charge is 0.245 e. The van der Waals surface area contributed by atoms with E-state index in [1.165, 1.54) is 4.31 Å². The predicted octanol–water partition coefficient (Wildman–Crippen LogP) is 1.42. The molecule has 1 unspecified atom stereocenters. The molecule has 6 heteroatoms. The number of anilines is 1. The van der Waals surface area contributed by atoms with E-state index in [9.17, 15) is 13.5 Å². The minimum absolute atomic E-state index is 0.149. The molecule has 1 aliphatic heterocycles. The second kappa shape index (κ2) is 5.71. The van der Waals surface area contributed by atoms with E-state index < -0.39 is 10.0 Å². The molecule has 0 spiro atoms. The first kappa shape index (κ1) is 15.3. The molecule has 0 saturated carbocycles. The number of rotatable bonds is 3. The van der Waals surface area contributed by atoms with Gasteiger partial charge < -0.3 is 10.8 Å². The summed E-state index contributed by atoms with van der Waals surface area (Å²) in [5.41, 5.74) is 7.71. The van der Waals surface area contributed by atoms with Gasteiger partial charge in [0.05, 0.1) is 12.3 Å². The predicted molar refractivity (Wildman–Crippen MR) is 78.9 cm³/mol. The van der Waals surface area contributed by atoms with Crippen LogP contribution in [0.2, 0.25) is 0 Å². The first-order valence-electron chi connectivity index (χ1n) is 6.88. The van der Waals surface area contributed by atoms with Gasteiger partial charge in [-0.15, -0.1) is 0 Å². The molecule has 0 aromatic heterocycles. The lowest BCUT2D eigenvalue weighted by atomic mass is 10.1. The van der Waals surface area contributed by atoms with E-state index in [1.54, 1.807) is 19.9 Å². The van der Waals surface area contributed by atoms with Crippen molar-refractivity contribution in [2.45, 2.75) is 44.0 Å². The number of hydrogen-bond acceptors (Lipinski definition) is 4. The van der Waals surface area contributed by atoms with Crippen molar-refractivity contribution in [2.24, 2.45) is 0 Å². The number of aryl methyl sites for hydroxylation is 2. The van der Waals surface area contributed by atoms with Crippen molar-refractivity contribution in [3.63, 3.8) is 0 Å². The lowest BCUT2D eigenvalue weighted by Crippen LogP contribution is -2.45. The minimum atomic E-state index is -3.66. The number of aliphatic hydroxyl groups is 1. The van der Waals surface area contributed by atoms with E-state index in [-0.39, 0.29) is 17.5 Å². The van der Waals surface area contributed by atoms with E-state index in [0.29, 0.717) is 24.2 Å². The third-order valence-electron chi connectivity index (χ3n) is 3.96. The molecule has 112 valence electrons. The van der Waals surface area contributed by atoms with Gasteiger partial charge in [-0.1, -0.05) is 18.6 Å². The fourth-order valence-electron chi connectivity index (χ4n) is 2.74. The van der Waals surface area contributed by atoms with Crippen LogP contribution in [0, 0.1) is 13.8 Å². The second-order valence-corrected chi connectivity index (χ2v) is 7.22. The zero-order valence-electron chi connectivity index (χ0n) is 12.0. The highest BCUT2D eigenvalue weighted by Crippen LogP contribution is 2.32. The van der Waals surface area contributed by atoms with Gasteiger partial charge in [-0.2, -0.15) is 4.31 Å². The van der Waals surface area contributed by atoms with Crippen LogP contribution in [0.4, 0.5) is 5.69 Å². The summed E-state index contributed by atoms with van der Waals surface area (Å²) in [7, 11) is -3.66. The van der Waals surface area contributed by atoms with Gasteiger partial charge in [0, 0.05) is 12.6 Å². The van der Waals surface area contributed by atoms with Crippen LogP contribution in [0.1, 0.15) is 30.4 Å². The van der Waals surface area contributed by atoms with Gasteiger partial charge in [-0.05, 0) is 37.8 Å². The van der Waals surface area contributed by atoms with Gasteiger partial charge in [0.15, 0.2) is 0 Å². The number of benzene rings is 1. The molecule has 0 radical (unpaired) electrons. The Hall–Kier alpha value is -1.11. The molecule has 5 nitrogen and oxygen atoms in total. The molecule has 0 aliphatic carbocycles. The van der Waals surface area contributed by atoms with E-state index in [4.69, 9.17) is 5.73 Å². The van der Waals surface area contributed by atoms with Crippen molar-refractivity contribution in [3.8, 4) is 0 Å². The highest BCUT2D eigenvalue weighted by molar-refractivity contribution is 7.89. The molecule has 3 N–H and O–H groups in total. The number of nitrogens with zero attached hydrogens (tertiary/aromatic N) is 1. The van der Waals surface area contributed by atoms with Crippen LogP contribution in [0.3, 0.4) is 0 Å². The molecule has 0 amide bonds. The zero-order valence-corrected chi connectivity index (χ0v) is 12.8. The first-order valence-corrected chi connectivity index (χ1v) is 8.32. The van der Waals surface area contributed by atoms with Gasteiger partial charge in [-0.3, -0.25) is 0 Å². The number of sulfonamides is 1. The number of piperidine rings is 1. The summed E-state index contributed by atoms with van der Waals surface area (Å²) < 4.78 is 27.2. The normalized spacial score (nSPS) is 21.1. The summed E-state index contributed by atoms with van der Waals surface area (Å²) in [6.45, 7) is 3.85. The lowest BCUT2D eigenvalue weighted by molar-refractivity contribution is 0.155. The minimum Gasteiger partial charge on any atom is -0.397 e. The van der Waals surface area contributed by atoms with E-state index in [2.05, 4.69) is 0 Å². The van der Waals surface area contributed by atoms with Crippen LogP contribution in [0.15, 0.2) is 17.0 Å². The number of aliphatic hydroxyl groups excluding tert-OH is 1. The Morgan fingerprint density at radius 2 is 1.95 bits per heavy atom. The summed E-state index contributed by atoms with van der Waals surface area (Å²) in [6.07, 6.45) is 2.46. The number of nitrogens with two attached hydrogens (primary N) is 1. The Morgan fingerprint density at radius 3 is 2.60 bits per heavy atom. The summed E-state index contributed by atoms with van der Waals surface area (Å²) in [5, 5.41) is 9.43. The van der Waals surface area contributed by atoms with Crippen LogP contribution in [0.25, 0.3) is 0 Å². The number of nitrogen functional groups attached to an aromatic ring is 1. The molecule has 1 atom stereocenters. The molecule has 0 bridgehead atoms. The number of hydrogen-bond donors (Lipinski definition) is 2. The average molecular weight is 298 g/mol. The molecule has 1 aliphatic rings. The Labute approximate surface area is 120 Å². The molecular formula is C14H22N2O3S. The van der Waals surface area contributed by atoms with Crippen LogP contribution >= 0.6 is 0 Å². The quantitative estimate of drug-likeness (QED) is 0.827. The molecule has 1 heterocycles. The Balaban J connectivity index is 2.52. The van der Waals surface area contributed by atoms with Gasteiger partial charge >= 0.3 is 0 Å². The Kier molecular flexibility index (Phi) is 4.36.